The van der Waals surface area contributed by atoms with Crippen LogP contribution in [-0.4, -0.2) is 24.5 Å². The van der Waals surface area contributed by atoms with Crippen molar-refractivity contribution in [2.24, 2.45) is 5.73 Å². The molecular formula is C7H14N2OS. The van der Waals surface area contributed by atoms with E-state index in [0.717, 1.165) is 18.7 Å². The smallest absolute Gasteiger partial charge is 0.242 e. The Hall–Kier alpha value is -0.640. The van der Waals surface area contributed by atoms with Gasteiger partial charge in [-0.25, -0.2) is 0 Å². The summed E-state index contributed by atoms with van der Waals surface area (Å²) in [4.78, 5) is 10.2. The Bertz CT molecular complexity index is 136. The third kappa shape index (κ3) is 9.36. The number of hydrogen-bond acceptors (Lipinski definition) is 3. The summed E-state index contributed by atoms with van der Waals surface area (Å²) in [6, 6.07) is 0. The van der Waals surface area contributed by atoms with E-state index in [2.05, 4.69) is 11.6 Å². The molecule has 3 N–H and O–H groups in total. The van der Waals surface area contributed by atoms with Gasteiger partial charge in [0.05, 0.1) is 0 Å². The van der Waals surface area contributed by atoms with Gasteiger partial charge in [0.1, 0.15) is 0 Å². The number of carbonyl (C=O) groups excluding carboxylic acids is 1. The van der Waals surface area contributed by atoms with Gasteiger partial charge in [0.25, 0.3) is 0 Å². The van der Waals surface area contributed by atoms with Crippen LogP contribution in [0.15, 0.2) is 12.3 Å². The van der Waals surface area contributed by atoms with Crippen LogP contribution >= 0.6 is 11.8 Å². The number of carbonyl (C=O) groups is 1. The maximum absolute atomic E-state index is 10.2. The van der Waals surface area contributed by atoms with Gasteiger partial charge in [0.2, 0.25) is 5.91 Å². The average Bonchev–Trinajstić information content (AvgIpc) is 1.96. The van der Waals surface area contributed by atoms with Gasteiger partial charge >= 0.3 is 0 Å². The second kappa shape index (κ2) is 7.47. The molecule has 0 saturated heterocycles. The minimum Gasteiger partial charge on any atom is -0.391 e. The molecule has 0 saturated carbocycles. The van der Waals surface area contributed by atoms with Crippen LogP contribution in [0.25, 0.3) is 0 Å². The summed E-state index contributed by atoms with van der Waals surface area (Å²) in [5.74, 6) is 0.722. The standard InChI is InChI=1S/C7H14N2OS/c1-11-6-2-4-9-5-3-7(8)10/h3,5,9H,2,4,6H2,1H3,(H2,8,10)/b5-3-. The average molecular weight is 174 g/mol. The van der Waals surface area contributed by atoms with Crippen molar-refractivity contribution in [3.05, 3.63) is 12.3 Å². The number of nitrogens with two attached hydrogens (primary N) is 1. The highest BCUT2D eigenvalue weighted by Crippen LogP contribution is 1.92. The second-order valence-electron chi connectivity index (χ2n) is 2.04. The van der Waals surface area contributed by atoms with Gasteiger partial charge in [0, 0.05) is 18.8 Å². The first kappa shape index (κ1) is 10.4. The molecule has 0 aromatic rings. The van der Waals surface area contributed by atoms with Crippen LogP contribution < -0.4 is 11.1 Å². The van der Waals surface area contributed by atoms with Crippen molar-refractivity contribution in [1.29, 1.82) is 0 Å². The normalized spacial score (nSPS) is 10.3. The van der Waals surface area contributed by atoms with Crippen LogP contribution in [0.3, 0.4) is 0 Å². The maximum atomic E-state index is 10.2. The first-order valence-corrected chi connectivity index (χ1v) is 4.85. The number of primary amides is 1. The quantitative estimate of drug-likeness (QED) is 0.450. The summed E-state index contributed by atoms with van der Waals surface area (Å²) in [6.45, 7) is 0.893. The van der Waals surface area contributed by atoms with Crippen molar-refractivity contribution in [3.8, 4) is 0 Å². The van der Waals surface area contributed by atoms with Crippen molar-refractivity contribution in [2.75, 3.05) is 18.6 Å². The van der Waals surface area contributed by atoms with Crippen molar-refractivity contribution in [1.82, 2.24) is 5.32 Å². The number of amides is 1. The summed E-state index contributed by atoms with van der Waals surface area (Å²) in [7, 11) is 0. The van der Waals surface area contributed by atoms with Gasteiger partial charge in [-0.3, -0.25) is 4.79 Å². The molecule has 0 bridgehead atoms. The van der Waals surface area contributed by atoms with Crippen LogP contribution in [0.2, 0.25) is 0 Å². The fourth-order valence-corrected chi connectivity index (χ4v) is 0.976. The van der Waals surface area contributed by atoms with Gasteiger partial charge < -0.3 is 11.1 Å². The molecule has 64 valence electrons. The van der Waals surface area contributed by atoms with Crippen molar-refractivity contribution >= 4 is 17.7 Å². The number of thioether (sulfide) groups is 1. The Morgan fingerprint density at radius 3 is 3.00 bits per heavy atom. The third-order valence-corrected chi connectivity index (χ3v) is 1.73. The highest BCUT2D eigenvalue weighted by molar-refractivity contribution is 7.98. The minimum absolute atomic E-state index is 0.414. The van der Waals surface area contributed by atoms with Crippen LogP contribution in [0.4, 0.5) is 0 Å². The highest BCUT2D eigenvalue weighted by atomic mass is 32.2. The lowest BCUT2D eigenvalue weighted by Crippen LogP contribution is -2.11. The summed E-state index contributed by atoms with van der Waals surface area (Å²) >= 11 is 1.81. The van der Waals surface area contributed by atoms with Crippen LogP contribution in [0.5, 0.6) is 0 Å². The molecule has 0 heterocycles. The van der Waals surface area contributed by atoms with E-state index < -0.39 is 5.91 Å². The Kier molecular flexibility index (Phi) is 7.03. The lowest BCUT2D eigenvalue weighted by molar-refractivity contribution is -0.113. The molecule has 0 rings (SSSR count). The first-order valence-electron chi connectivity index (χ1n) is 3.45. The molecule has 0 atom stereocenters. The Balaban J connectivity index is 3.07. The molecule has 11 heavy (non-hydrogen) atoms. The second-order valence-corrected chi connectivity index (χ2v) is 3.02. The molecule has 0 aromatic carbocycles. The fourth-order valence-electron chi connectivity index (χ4n) is 0.543. The molecule has 0 aromatic heterocycles. The highest BCUT2D eigenvalue weighted by Gasteiger charge is 1.83. The largest absolute Gasteiger partial charge is 0.391 e. The van der Waals surface area contributed by atoms with Crippen molar-refractivity contribution in [2.45, 2.75) is 6.42 Å². The molecule has 0 aliphatic carbocycles. The zero-order valence-electron chi connectivity index (χ0n) is 6.67. The van der Waals surface area contributed by atoms with Gasteiger partial charge in [-0.2, -0.15) is 11.8 Å². The lowest BCUT2D eigenvalue weighted by Gasteiger charge is -1.97. The zero-order chi connectivity index (χ0) is 8.53. The van der Waals surface area contributed by atoms with Crippen LogP contribution in [0, 0.1) is 0 Å². The zero-order valence-corrected chi connectivity index (χ0v) is 7.49. The summed E-state index contributed by atoms with van der Waals surface area (Å²) in [5, 5.41) is 2.96. The molecule has 0 fully saturated rings. The minimum atomic E-state index is -0.414. The topological polar surface area (TPSA) is 55.1 Å². The Labute approximate surface area is 71.4 Å². The van der Waals surface area contributed by atoms with Gasteiger partial charge in [0.15, 0.2) is 0 Å². The van der Waals surface area contributed by atoms with E-state index in [1.165, 1.54) is 6.08 Å². The predicted molar refractivity (Wildman–Crippen MR) is 49.3 cm³/mol. The summed E-state index contributed by atoms with van der Waals surface area (Å²) in [6.07, 6.45) is 6.07. The van der Waals surface area contributed by atoms with Crippen LogP contribution in [0.1, 0.15) is 6.42 Å². The molecule has 1 amide bonds. The molecule has 0 radical (unpaired) electrons. The van der Waals surface area contributed by atoms with Gasteiger partial charge in [-0.15, -0.1) is 0 Å². The molecule has 0 aliphatic rings. The Morgan fingerprint density at radius 1 is 1.73 bits per heavy atom. The van der Waals surface area contributed by atoms with E-state index in [-0.39, 0.29) is 0 Å². The van der Waals surface area contributed by atoms with E-state index in [1.807, 2.05) is 11.8 Å². The number of rotatable bonds is 6. The summed E-state index contributed by atoms with van der Waals surface area (Å²) < 4.78 is 0. The van der Waals surface area contributed by atoms with E-state index in [0.29, 0.717) is 0 Å². The van der Waals surface area contributed by atoms with E-state index >= 15 is 0 Å². The van der Waals surface area contributed by atoms with Gasteiger partial charge in [-0.05, 0) is 18.4 Å². The molecule has 4 heteroatoms. The molecule has 0 aliphatic heterocycles. The SMILES string of the molecule is CSCCCN/C=C\C(N)=O. The van der Waals surface area contributed by atoms with E-state index in [9.17, 15) is 4.79 Å². The fraction of sp³-hybridized carbons (Fsp3) is 0.571. The molecular weight excluding hydrogens is 160 g/mol. The molecule has 0 unspecified atom stereocenters. The number of nitrogens with one attached hydrogen (secondary N) is 1. The maximum Gasteiger partial charge on any atom is 0.242 e. The van der Waals surface area contributed by atoms with E-state index in [1.54, 1.807) is 6.20 Å². The monoisotopic (exact) mass is 174 g/mol. The number of hydrogen-bond donors (Lipinski definition) is 2. The predicted octanol–water partition coefficient (Wildman–Crippen LogP) is 0.328. The molecule has 0 spiro atoms. The van der Waals surface area contributed by atoms with Gasteiger partial charge in [-0.1, -0.05) is 0 Å². The van der Waals surface area contributed by atoms with Crippen molar-refractivity contribution < 1.29 is 4.79 Å². The van der Waals surface area contributed by atoms with E-state index in [4.69, 9.17) is 5.73 Å². The Morgan fingerprint density at radius 2 is 2.45 bits per heavy atom. The first-order chi connectivity index (χ1) is 5.27. The van der Waals surface area contributed by atoms with Crippen molar-refractivity contribution in [3.63, 3.8) is 0 Å². The summed E-state index contributed by atoms with van der Waals surface area (Å²) in [5.41, 5.74) is 4.86. The molecule has 3 nitrogen and oxygen atoms in total. The lowest BCUT2D eigenvalue weighted by atomic mass is 10.5. The third-order valence-electron chi connectivity index (χ3n) is 1.04. The van der Waals surface area contributed by atoms with Crippen LogP contribution in [-0.2, 0) is 4.79 Å².